The molecule has 202 valence electrons. The van der Waals surface area contributed by atoms with Gasteiger partial charge in [-0.2, -0.15) is 0 Å². The molecule has 0 saturated heterocycles. The number of carbonyl (C=O) groups excluding carboxylic acids is 2. The third-order valence-corrected chi connectivity index (χ3v) is 8.05. The second-order valence-corrected chi connectivity index (χ2v) is 11.6. The van der Waals surface area contributed by atoms with E-state index in [0.29, 0.717) is 37.1 Å². The van der Waals surface area contributed by atoms with Crippen LogP contribution < -0.4 is 4.74 Å². The van der Waals surface area contributed by atoms with Crippen LogP contribution in [-0.2, 0) is 11.2 Å². The highest BCUT2D eigenvalue weighted by atomic mass is 32.1. The zero-order chi connectivity index (χ0) is 27.2. The van der Waals surface area contributed by atoms with Crippen molar-refractivity contribution in [2.75, 3.05) is 26.2 Å². The topological polar surface area (TPSA) is 49.9 Å². The van der Waals surface area contributed by atoms with Crippen LogP contribution in [0.15, 0.2) is 60.0 Å². The molecule has 38 heavy (non-hydrogen) atoms. The lowest BCUT2D eigenvalue weighted by atomic mass is 10.00. The summed E-state index contributed by atoms with van der Waals surface area (Å²) in [7, 11) is 0. The van der Waals surface area contributed by atoms with E-state index in [-0.39, 0.29) is 24.4 Å². The summed E-state index contributed by atoms with van der Waals surface area (Å²) in [6.45, 7) is 9.85. The van der Waals surface area contributed by atoms with Gasteiger partial charge in [-0.15, -0.1) is 11.3 Å². The zero-order valence-electron chi connectivity index (χ0n) is 22.7. The summed E-state index contributed by atoms with van der Waals surface area (Å²) in [4.78, 5) is 31.8. The van der Waals surface area contributed by atoms with Crippen molar-refractivity contribution in [3.63, 3.8) is 0 Å². The SMILES string of the molecule is CC(C)CCN(CC(=O)N1CCc2sccc2C1COc1ccc(C(C)C)cc1)C(=O)c1ccc(F)cc1. The summed E-state index contributed by atoms with van der Waals surface area (Å²) in [5.41, 5.74) is 2.75. The molecule has 0 radical (unpaired) electrons. The van der Waals surface area contributed by atoms with Gasteiger partial charge in [-0.1, -0.05) is 39.8 Å². The maximum Gasteiger partial charge on any atom is 0.254 e. The summed E-state index contributed by atoms with van der Waals surface area (Å²) in [6.07, 6.45) is 1.56. The molecule has 1 atom stereocenters. The van der Waals surface area contributed by atoms with Crippen molar-refractivity contribution in [3.05, 3.63) is 87.4 Å². The Hall–Kier alpha value is -3.19. The van der Waals surface area contributed by atoms with Crippen molar-refractivity contribution in [1.29, 1.82) is 0 Å². The van der Waals surface area contributed by atoms with Crippen molar-refractivity contribution in [2.24, 2.45) is 5.92 Å². The second kappa shape index (κ2) is 12.6. The lowest BCUT2D eigenvalue weighted by molar-refractivity contribution is -0.135. The minimum Gasteiger partial charge on any atom is -0.491 e. The summed E-state index contributed by atoms with van der Waals surface area (Å²) in [5, 5.41) is 2.07. The Bertz CT molecular complexity index is 1220. The number of fused-ring (bicyclic) bond motifs is 1. The summed E-state index contributed by atoms with van der Waals surface area (Å²) in [6, 6.07) is 15.5. The number of ether oxygens (including phenoxy) is 1. The van der Waals surface area contributed by atoms with Gasteiger partial charge >= 0.3 is 0 Å². The van der Waals surface area contributed by atoms with E-state index >= 15 is 0 Å². The Morgan fingerprint density at radius 2 is 1.76 bits per heavy atom. The van der Waals surface area contributed by atoms with Crippen molar-refractivity contribution >= 4 is 23.2 Å². The first-order valence-electron chi connectivity index (χ1n) is 13.4. The maximum absolute atomic E-state index is 13.7. The number of rotatable bonds is 10. The molecule has 1 aromatic heterocycles. The Balaban J connectivity index is 1.51. The Morgan fingerprint density at radius 1 is 1.05 bits per heavy atom. The highest BCUT2D eigenvalue weighted by Gasteiger charge is 2.33. The first kappa shape index (κ1) is 27.8. The van der Waals surface area contributed by atoms with E-state index in [1.165, 1.54) is 34.7 Å². The highest BCUT2D eigenvalue weighted by molar-refractivity contribution is 7.10. The van der Waals surface area contributed by atoms with Crippen molar-refractivity contribution in [2.45, 2.75) is 52.5 Å². The van der Waals surface area contributed by atoms with Gasteiger partial charge in [-0.25, -0.2) is 4.39 Å². The highest BCUT2D eigenvalue weighted by Crippen LogP contribution is 2.34. The minimum absolute atomic E-state index is 0.0258. The molecule has 0 spiro atoms. The van der Waals surface area contributed by atoms with Crippen LogP contribution in [0.3, 0.4) is 0 Å². The molecule has 7 heteroatoms. The molecule has 0 saturated carbocycles. The van der Waals surface area contributed by atoms with Gasteiger partial charge in [0.05, 0.1) is 6.04 Å². The zero-order valence-corrected chi connectivity index (χ0v) is 23.5. The van der Waals surface area contributed by atoms with Crippen LogP contribution >= 0.6 is 11.3 Å². The van der Waals surface area contributed by atoms with E-state index in [2.05, 4.69) is 51.3 Å². The smallest absolute Gasteiger partial charge is 0.254 e. The molecule has 0 bridgehead atoms. The molecule has 2 aromatic carbocycles. The van der Waals surface area contributed by atoms with E-state index in [1.807, 2.05) is 17.0 Å². The predicted molar refractivity (Wildman–Crippen MR) is 150 cm³/mol. The van der Waals surface area contributed by atoms with Gasteiger partial charge in [-0.3, -0.25) is 9.59 Å². The lowest BCUT2D eigenvalue weighted by Gasteiger charge is -2.37. The van der Waals surface area contributed by atoms with E-state index < -0.39 is 5.82 Å². The molecular weight excluding hydrogens is 499 g/mol. The number of benzene rings is 2. The van der Waals surface area contributed by atoms with Crippen molar-refractivity contribution in [3.8, 4) is 5.75 Å². The van der Waals surface area contributed by atoms with Gasteiger partial charge < -0.3 is 14.5 Å². The number of halogens is 1. The number of thiophene rings is 1. The summed E-state index contributed by atoms with van der Waals surface area (Å²) >= 11 is 1.71. The Labute approximate surface area is 229 Å². The molecular formula is C31H37FN2O3S. The molecule has 2 amide bonds. The molecule has 0 fully saturated rings. The average Bonchev–Trinajstić information content (AvgIpc) is 3.39. The monoisotopic (exact) mass is 536 g/mol. The Morgan fingerprint density at radius 3 is 2.42 bits per heavy atom. The van der Waals surface area contributed by atoms with E-state index in [9.17, 15) is 14.0 Å². The van der Waals surface area contributed by atoms with Crippen LogP contribution in [0.5, 0.6) is 5.75 Å². The molecule has 0 aliphatic carbocycles. The van der Waals surface area contributed by atoms with Crippen molar-refractivity contribution in [1.82, 2.24) is 9.80 Å². The first-order valence-corrected chi connectivity index (χ1v) is 14.2. The van der Waals surface area contributed by atoms with Crippen LogP contribution in [-0.4, -0.2) is 47.9 Å². The van der Waals surface area contributed by atoms with E-state index in [1.54, 1.807) is 16.2 Å². The standard InChI is InChI=1S/C31H37FN2O3S/c1-21(2)13-16-33(31(36)24-5-9-25(32)10-6-24)19-30(35)34-17-14-29-27(15-18-38-29)28(34)20-37-26-11-7-23(8-12-26)22(3)4/h5-12,15,18,21-22,28H,13-14,16-17,19-20H2,1-4H3. The molecule has 2 heterocycles. The largest absolute Gasteiger partial charge is 0.491 e. The molecule has 4 rings (SSSR count). The predicted octanol–water partition coefficient (Wildman–Crippen LogP) is 6.70. The van der Waals surface area contributed by atoms with Crippen LogP contribution in [0.25, 0.3) is 0 Å². The number of hydrogen-bond donors (Lipinski definition) is 0. The van der Waals surface area contributed by atoms with Gasteiger partial charge in [0.2, 0.25) is 5.91 Å². The summed E-state index contributed by atoms with van der Waals surface area (Å²) < 4.78 is 19.6. The van der Waals surface area contributed by atoms with Gasteiger partial charge in [0.1, 0.15) is 24.7 Å². The number of nitrogens with zero attached hydrogens (tertiary/aromatic N) is 2. The third-order valence-electron chi connectivity index (χ3n) is 7.05. The van der Waals surface area contributed by atoms with Gasteiger partial charge in [0, 0.05) is 23.5 Å². The molecule has 1 unspecified atom stereocenters. The fourth-order valence-corrected chi connectivity index (χ4v) is 5.62. The maximum atomic E-state index is 13.7. The second-order valence-electron chi connectivity index (χ2n) is 10.6. The van der Waals surface area contributed by atoms with Crippen LogP contribution in [0.4, 0.5) is 4.39 Å². The molecule has 3 aromatic rings. The number of carbonyl (C=O) groups is 2. The normalized spacial score (nSPS) is 15.0. The van der Waals surface area contributed by atoms with Crippen LogP contribution in [0.2, 0.25) is 0 Å². The van der Waals surface area contributed by atoms with Crippen LogP contribution in [0.1, 0.15) is 72.4 Å². The quantitative estimate of drug-likeness (QED) is 0.290. The van der Waals surface area contributed by atoms with Gasteiger partial charge in [0.15, 0.2) is 0 Å². The molecule has 1 aliphatic heterocycles. The van der Waals surface area contributed by atoms with Gasteiger partial charge in [-0.05, 0) is 83.6 Å². The Kier molecular flexibility index (Phi) is 9.21. The molecule has 0 N–H and O–H groups in total. The van der Waals surface area contributed by atoms with E-state index in [0.717, 1.165) is 24.2 Å². The molecule has 1 aliphatic rings. The van der Waals surface area contributed by atoms with E-state index in [4.69, 9.17) is 4.74 Å². The molecule has 5 nitrogen and oxygen atoms in total. The van der Waals surface area contributed by atoms with Crippen LogP contribution in [0, 0.1) is 11.7 Å². The fourth-order valence-electron chi connectivity index (χ4n) is 4.69. The number of hydrogen-bond acceptors (Lipinski definition) is 4. The minimum atomic E-state index is -0.395. The third kappa shape index (κ3) is 6.81. The average molecular weight is 537 g/mol. The summed E-state index contributed by atoms with van der Waals surface area (Å²) in [5.74, 6) is 0.831. The fraction of sp³-hybridized carbons (Fsp3) is 0.419. The lowest BCUT2D eigenvalue weighted by Crippen LogP contribution is -2.48. The van der Waals surface area contributed by atoms with Crippen molar-refractivity contribution < 1.29 is 18.7 Å². The van der Waals surface area contributed by atoms with Gasteiger partial charge in [0.25, 0.3) is 5.91 Å². The number of amides is 2. The first-order chi connectivity index (χ1) is 18.2.